The number of rotatable bonds is 4. The third-order valence-corrected chi connectivity index (χ3v) is 3.28. The molecule has 0 aliphatic heterocycles. The van der Waals surface area contributed by atoms with E-state index in [1.54, 1.807) is 0 Å². The summed E-state index contributed by atoms with van der Waals surface area (Å²) in [6, 6.07) is 24.9. The summed E-state index contributed by atoms with van der Waals surface area (Å²) in [5.74, 6) is 13.5. The van der Waals surface area contributed by atoms with Crippen molar-refractivity contribution in [2.75, 3.05) is 10.0 Å². The largest absolute Gasteiger partial charge is 0.262 e. The minimum Gasteiger partial charge on any atom is -0.262 e. The number of benzene rings is 2. The van der Waals surface area contributed by atoms with E-state index in [9.17, 15) is 0 Å². The van der Waals surface area contributed by atoms with E-state index in [-0.39, 0.29) is 0 Å². The van der Waals surface area contributed by atoms with Crippen LogP contribution in [0.4, 0.5) is 23.0 Å². The molecule has 1 aromatic heterocycles. The van der Waals surface area contributed by atoms with Gasteiger partial charge in [-0.1, -0.05) is 42.5 Å². The topological polar surface area (TPSA) is 71.4 Å². The summed E-state index contributed by atoms with van der Waals surface area (Å²) in [7, 11) is 0. The van der Waals surface area contributed by atoms with Crippen molar-refractivity contribution in [3.63, 3.8) is 0 Å². The summed E-state index contributed by atoms with van der Waals surface area (Å²) in [5, 5.41) is 3.06. The van der Waals surface area contributed by atoms with Gasteiger partial charge in [0.2, 0.25) is 0 Å². The van der Waals surface area contributed by atoms with Gasteiger partial charge in [0.15, 0.2) is 0 Å². The number of anilines is 4. The number of pyridine rings is 1. The minimum atomic E-state index is 0.620. The quantitative estimate of drug-likeness (QED) is 0.571. The Hall–Kier alpha value is -2.89. The second kappa shape index (κ2) is 6.26. The maximum Gasteiger partial charge on any atom is 0.149 e. The molecule has 0 aliphatic rings. The zero-order valence-corrected chi connectivity index (χ0v) is 12.0. The zero-order chi connectivity index (χ0) is 15.4. The first-order chi connectivity index (χ1) is 10.8. The van der Waals surface area contributed by atoms with Crippen molar-refractivity contribution < 1.29 is 0 Å². The van der Waals surface area contributed by atoms with Crippen molar-refractivity contribution in [3.05, 3.63) is 78.9 Å². The molecule has 0 spiro atoms. The van der Waals surface area contributed by atoms with Crippen LogP contribution in [-0.4, -0.2) is 4.98 Å². The zero-order valence-electron chi connectivity index (χ0n) is 12.0. The van der Waals surface area contributed by atoms with E-state index in [4.69, 9.17) is 11.7 Å². The van der Waals surface area contributed by atoms with E-state index in [1.807, 2.05) is 78.9 Å². The lowest BCUT2D eigenvalue weighted by molar-refractivity contribution is 0.993. The minimum absolute atomic E-state index is 0.620. The number of hydrogen-bond donors (Lipinski definition) is 2. The molecule has 0 atom stereocenters. The second-order valence-corrected chi connectivity index (χ2v) is 4.77. The monoisotopic (exact) mass is 291 g/mol. The molecule has 0 unspecified atom stereocenters. The summed E-state index contributed by atoms with van der Waals surface area (Å²) in [5.41, 5.74) is 1.71. The van der Waals surface area contributed by atoms with Crippen LogP contribution in [0.15, 0.2) is 78.9 Å². The van der Waals surface area contributed by atoms with Crippen molar-refractivity contribution in [2.45, 2.75) is 0 Å². The van der Waals surface area contributed by atoms with Gasteiger partial charge in [0, 0.05) is 0 Å². The number of hydrogen-bond acceptors (Lipinski definition) is 5. The average Bonchev–Trinajstić information content (AvgIpc) is 2.62. The third kappa shape index (κ3) is 2.90. The number of aromatic nitrogens is 1. The first-order valence-corrected chi connectivity index (χ1v) is 6.92. The molecule has 0 aliphatic carbocycles. The normalized spacial score (nSPS) is 10.3. The number of nitrogens with zero attached hydrogens (tertiary/aromatic N) is 3. The van der Waals surface area contributed by atoms with Crippen LogP contribution in [0, 0.1) is 0 Å². The predicted octanol–water partition coefficient (Wildman–Crippen LogP) is 3.11. The maximum absolute atomic E-state index is 6.14. The van der Waals surface area contributed by atoms with E-state index >= 15 is 0 Å². The van der Waals surface area contributed by atoms with Gasteiger partial charge < -0.3 is 0 Å². The first-order valence-electron chi connectivity index (χ1n) is 6.92. The van der Waals surface area contributed by atoms with Crippen LogP contribution in [0.25, 0.3) is 0 Å². The highest BCUT2D eigenvalue weighted by molar-refractivity contribution is 5.63. The molecular weight excluding hydrogens is 274 g/mol. The fourth-order valence-electron chi connectivity index (χ4n) is 2.12. The molecule has 3 rings (SSSR count). The van der Waals surface area contributed by atoms with Crippen LogP contribution < -0.4 is 21.7 Å². The summed E-state index contributed by atoms with van der Waals surface area (Å²) in [6.07, 6.45) is 0. The van der Waals surface area contributed by atoms with Crippen LogP contribution in [-0.2, 0) is 0 Å². The predicted molar refractivity (Wildman–Crippen MR) is 89.8 cm³/mol. The third-order valence-electron chi connectivity index (χ3n) is 3.28. The molecule has 2 aromatic carbocycles. The van der Waals surface area contributed by atoms with E-state index in [2.05, 4.69) is 4.98 Å². The Bertz CT molecular complexity index is 670. The highest BCUT2D eigenvalue weighted by atomic mass is 15.5. The highest BCUT2D eigenvalue weighted by Crippen LogP contribution is 2.24. The summed E-state index contributed by atoms with van der Waals surface area (Å²) in [6.45, 7) is 0. The molecule has 0 fully saturated rings. The Morgan fingerprint density at radius 2 is 0.955 bits per heavy atom. The molecule has 0 saturated heterocycles. The highest BCUT2D eigenvalue weighted by Gasteiger charge is 2.10. The van der Waals surface area contributed by atoms with Gasteiger partial charge in [-0.15, -0.1) is 0 Å². The number of nitrogens with two attached hydrogens (primary N) is 2. The lowest BCUT2D eigenvalue weighted by atomic mass is 10.3. The fraction of sp³-hybridized carbons (Fsp3) is 0. The van der Waals surface area contributed by atoms with Crippen LogP contribution in [0.2, 0.25) is 0 Å². The Labute approximate surface area is 129 Å². The van der Waals surface area contributed by atoms with Crippen LogP contribution in [0.1, 0.15) is 0 Å². The van der Waals surface area contributed by atoms with Gasteiger partial charge in [-0.05, 0) is 36.4 Å². The van der Waals surface area contributed by atoms with Gasteiger partial charge in [-0.2, -0.15) is 0 Å². The van der Waals surface area contributed by atoms with Crippen molar-refractivity contribution in [3.8, 4) is 0 Å². The average molecular weight is 291 g/mol. The van der Waals surface area contributed by atoms with Crippen molar-refractivity contribution in [2.24, 2.45) is 11.7 Å². The molecule has 110 valence electrons. The molecular formula is C17H17N5. The van der Waals surface area contributed by atoms with Gasteiger partial charge >= 0.3 is 0 Å². The molecule has 1 heterocycles. The number of hydrazine groups is 2. The lowest BCUT2D eigenvalue weighted by Gasteiger charge is -2.21. The Kier molecular flexibility index (Phi) is 4.00. The summed E-state index contributed by atoms with van der Waals surface area (Å²) < 4.78 is 0. The van der Waals surface area contributed by atoms with Gasteiger partial charge in [-0.25, -0.2) is 16.7 Å². The molecule has 5 heteroatoms. The number of para-hydroxylation sites is 2. The molecule has 3 aromatic rings. The van der Waals surface area contributed by atoms with Gasteiger partial charge in [0.05, 0.1) is 11.4 Å². The van der Waals surface area contributed by atoms with Gasteiger partial charge in [0.25, 0.3) is 0 Å². The van der Waals surface area contributed by atoms with Crippen molar-refractivity contribution >= 4 is 23.0 Å². The summed E-state index contributed by atoms with van der Waals surface area (Å²) in [4.78, 5) is 4.53. The van der Waals surface area contributed by atoms with Crippen molar-refractivity contribution in [1.29, 1.82) is 0 Å². The molecule has 0 radical (unpaired) electrons. The second-order valence-electron chi connectivity index (χ2n) is 4.77. The fourth-order valence-corrected chi connectivity index (χ4v) is 2.12. The van der Waals surface area contributed by atoms with Gasteiger partial charge in [0.1, 0.15) is 11.6 Å². The molecule has 0 amide bonds. The lowest BCUT2D eigenvalue weighted by Crippen LogP contribution is -2.29. The van der Waals surface area contributed by atoms with Crippen LogP contribution in [0.5, 0.6) is 0 Å². The molecule has 0 bridgehead atoms. The van der Waals surface area contributed by atoms with Crippen LogP contribution >= 0.6 is 0 Å². The van der Waals surface area contributed by atoms with Crippen molar-refractivity contribution in [1.82, 2.24) is 4.98 Å². The maximum atomic E-state index is 6.14. The van der Waals surface area contributed by atoms with E-state index < -0.39 is 0 Å². The molecule has 4 N–H and O–H groups in total. The van der Waals surface area contributed by atoms with E-state index in [0.717, 1.165) is 11.4 Å². The smallest absolute Gasteiger partial charge is 0.149 e. The standard InChI is InChI=1S/C17H17N5/c18-21(14-8-3-1-4-9-14)16-12-7-13-17(20-16)22(19)15-10-5-2-6-11-15/h1-13H,18-19H2. The van der Waals surface area contributed by atoms with Crippen LogP contribution in [0.3, 0.4) is 0 Å². The van der Waals surface area contributed by atoms with E-state index in [1.165, 1.54) is 10.0 Å². The van der Waals surface area contributed by atoms with E-state index in [0.29, 0.717) is 11.6 Å². The van der Waals surface area contributed by atoms with Gasteiger partial charge in [-0.3, -0.25) is 10.0 Å². The Morgan fingerprint density at radius 3 is 1.36 bits per heavy atom. The molecule has 5 nitrogen and oxygen atoms in total. The summed E-state index contributed by atoms with van der Waals surface area (Å²) >= 11 is 0. The molecule has 22 heavy (non-hydrogen) atoms. The Morgan fingerprint density at radius 1 is 0.545 bits per heavy atom. The Balaban J connectivity index is 1.90. The first kappa shape index (κ1) is 14.1. The SMILES string of the molecule is NN(c1ccccc1)c1cccc(N(N)c2ccccc2)n1. The molecule has 0 saturated carbocycles.